The molecule has 7 heteroatoms. The molecule has 2 heterocycles. The van der Waals surface area contributed by atoms with Gasteiger partial charge in [0.1, 0.15) is 5.75 Å². The van der Waals surface area contributed by atoms with E-state index in [1.807, 2.05) is 0 Å². The molecular weight excluding hydrogens is 292 g/mol. The number of phenols is 1. The highest BCUT2D eigenvalue weighted by Crippen LogP contribution is 2.24. The van der Waals surface area contributed by atoms with E-state index in [0.717, 1.165) is 11.8 Å². The lowest BCUT2D eigenvalue weighted by atomic mass is 10.1. The first-order valence-corrected chi connectivity index (χ1v) is 7.03. The topological polar surface area (TPSA) is 89.4 Å². The number of ketones is 1. The van der Waals surface area contributed by atoms with Crippen LogP contribution in [0.5, 0.6) is 5.75 Å². The fraction of sp³-hybridized carbons (Fsp3) is 0.0714. The van der Waals surface area contributed by atoms with Gasteiger partial charge < -0.3 is 13.9 Å². The predicted molar refractivity (Wildman–Crippen MR) is 75.2 cm³/mol. The molecule has 6 nitrogen and oxygen atoms in total. The van der Waals surface area contributed by atoms with E-state index in [0.29, 0.717) is 16.5 Å². The fourth-order valence-corrected chi connectivity index (χ4v) is 2.28. The van der Waals surface area contributed by atoms with E-state index >= 15 is 0 Å². The average molecular weight is 302 g/mol. The summed E-state index contributed by atoms with van der Waals surface area (Å²) in [5.74, 6) is 0.973. The number of aromatic hydroxyl groups is 1. The van der Waals surface area contributed by atoms with Crippen molar-refractivity contribution in [1.29, 1.82) is 0 Å². The second-order valence-corrected chi connectivity index (χ2v) is 5.04. The second kappa shape index (κ2) is 5.84. The highest BCUT2D eigenvalue weighted by atomic mass is 32.2. The lowest BCUT2D eigenvalue weighted by molar-refractivity contribution is 0.102. The Bertz CT molecular complexity index is 735. The summed E-state index contributed by atoms with van der Waals surface area (Å²) < 4.78 is 10.5. The molecule has 21 heavy (non-hydrogen) atoms. The molecule has 3 rings (SSSR count). The first kappa shape index (κ1) is 13.4. The Morgan fingerprint density at radius 3 is 2.71 bits per heavy atom. The van der Waals surface area contributed by atoms with Gasteiger partial charge in [-0.2, -0.15) is 0 Å². The minimum Gasteiger partial charge on any atom is -0.508 e. The number of thioether (sulfide) groups is 1. The summed E-state index contributed by atoms with van der Waals surface area (Å²) in [6.07, 6.45) is 1.51. The minimum absolute atomic E-state index is 0.0854. The number of rotatable bonds is 5. The van der Waals surface area contributed by atoms with Crippen LogP contribution < -0.4 is 0 Å². The molecule has 0 aliphatic heterocycles. The molecule has 0 saturated heterocycles. The lowest BCUT2D eigenvalue weighted by Gasteiger charge is -1.98. The number of benzene rings is 1. The van der Waals surface area contributed by atoms with Crippen molar-refractivity contribution in [1.82, 2.24) is 10.2 Å². The summed E-state index contributed by atoms with van der Waals surface area (Å²) in [4.78, 5) is 12.0. The van der Waals surface area contributed by atoms with Crippen LogP contribution in [0.3, 0.4) is 0 Å². The third-order valence-electron chi connectivity index (χ3n) is 2.65. The van der Waals surface area contributed by atoms with E-state index in [4.69, 9.17) is 8.83 Å². The van der Waals surface area contributed by atoms with Crippen molar-refractivity contribution in [2.24, 2.45) is 0 Å². The molecule has 0 unspecified atom stereocenters. The number of carbonyl (C=O) groups is 1. The maximum absolute atomic E-state index is 12.0. The van der Waals surface area contributed by atoms with Gasteiger partial charge in [0.2, 0.25) is 0 Å². The quantitative estimate of drug-likeness (QED) is 0.572. The normalized spacial score (nSPS) is 10.7. The molecule has 0 fully saturated rings. The minimum atomic E-state index is -0.0854. The van der Waals surface area contributed by atoms with Crippen LogP contribution in [-0.4, -0.2) is 26.8 Å². The number of aromatic nitrogens is 2. The first-order valence-electron chi connectivity index (χ1n) is 6.05. The largest absolute Gasteiger partial charge is 0.508 e. The Morgan fingerprint density at radius 1 is 1.19 bits per heavy atom. The van der Waals surface area contributed by atoms with Crippen LogP contribution in [0.1, 0.15) is 10.4 Å². The Hall–Kier alpha value is -2.54. The maximum atomic E-state index is 12.0. The molecule has 0 aliphatic carbocycles. The van der Waals surface area contributed by atoms with E-state index in [9.17, 15) is 9.90 Å². The number of nitrogens with zero attached hydrogens (tertiary/aromatic N) is 2. The Morgan fingerprint density at radius 2 is 2.00 bits per heavy atom. The van der Waals surface area contributed by atoms with Gasteiger partial charge in [-0.25, -0.2) is 0 Å². The van der Waals surface area contributed by atoms with Gasteiger partial charge in [-0.15, -0.1) is 10.2 Å². The fourth-order valence-electron chi connectivity index (χ4n) is 1.63. The summed E-state index contributed by atoms with van der Waals surface area (Å²) in [5.41, 5.74) is 0.520. The van der Waals surface area contributed by atoms with E-state index in [2.05, 4.69) is 10.2 Å². The SMILES string of the molecule is O=C(CSc1nnc(-c2ccco2)o1)c1ccc(O)cc1. The van der Waals surface area contributed by atoms with E-state index in [1.165, 1.54) is 18.4 Å². The molecule has 0 saturated carbocycles. The van der Waals surface area contributed by atoms with Gasteiger partial charge in [-0.1, -0.05) is 11.8 Å². The standard InChI is InChI=1S/C14H10N2O4S/c17-10-5-3-9(4-6-10)11(18)8-21-14-16-15-13(20-14)12-2-1-7-19-12/h1-7,17H,8H2. The number of carbonyl (C=O) groups excluding carboxylic acids is 1. The molecule has 0 bridgehead atoms. The summed E-state index contributed by atoms with van der Waals surface area (Å²) in [7, 11) is 0. The van der Waals surface area contributed by atoms with Crippen LogP contribution in [0.2, 0.25) is 0 Å². The van der Waals surface area contributed by atoms with Crippen molar-refractivity contribution in [3.8, 4) is 17.4 Å². The van der Waals surface area contributed by atoms with Gasteiger partial charge in [0.15, 0.2) is 11.5 Å². The van der Waals surface area contributed by atoms with E-state index in [1.54, 1.807) is 24.3 Å². The predicted octanol–water partition coefficient (Wildman–Crippen LogP) is 3.01. The van der Waals surface area contributed by atoms with Crippen LogP contribution in [0, 0.1) is 0 Å². The van der Waals surface area contributed by atoms with E-state index in [-0.39, 0.29) is 23.2 Å². The van der Waals surface area contributed by atoms with Crippen molar-refractivity contribution < 1.29 is 18.7 Å². The highest BCUT2D eigenvalue weighted by molar-refractivity contribution is 7.99. The summed E-state index contributed by atoms with van der Waals surface area (Å²) >= 11 is 1.15. The Labute approximate surface area is 123 Å². The Kier molecular flexibility index (Phi) is 3.74. The van der Waals surface area contributed by atoms with Gasteiger partial charge in [0.25, 0.3) is 11.1 Å². The van der Waals surface area contributed by atoms with E-state index < -0.39 is 0 Å². The van der Waals surface area contributed by atoms with Crippen LogP contribution in [-0.2, 0) is 0 Å². The molecule has 3 aromatic rings. The van der Waals surface area contributed by atoms with Gasteiger partial charge in [0.05, 0.1) is 12.0 Å². The first-order chi connectivity index (χ1) is 10.2. The van der Waals surface area contributed by atoms with Gasteiger partial charge in [-0.3, -0.25) is 4.79 Å². The van der Waals surface area contributed by atoms with Crippen LogP contribution in [0.4, 0.5) is 0 Å². The van der Waals surface area contributed by atoms with Crippen molar-refractivity contribution in [3.05, 3.63) is 48.2 Å². The summed E-state index contributed by atoms with van der Waals surface area (Å²) in [6, 6.07) is 9.52. The molecule has 0 amide bonds. The third kappa shape index (κ3) is 3.14. The highest BCUT2D eigenvalue weighted by Gasteiger charge is 2.13. The zero-order valence-corrected chi connectivity index (χ0v) is 11.5. The molecule has 1 aromatic carbocycles. The summed E-state index contributed by atoms with van der Waals surface area (Å²) in [6.45, 7) is 0. The number of hydrogen-bond acceptors (Lipinski definition) is 7. The van der Waals surface area contributed by atoms with Gasteiger partial charge in [0, 0.05) is 5.56 Å². The van der Waals surface area contributed by atoms with Crippen molar-refractivity contribution in [2.45, 2.75) is 5.22 Å². The molecule has 0 spiro atoms. The molecule has 0 radical (unpaired) electrons. The molecule has 0 atom stereocenters. The third-order valence-corrected chi connectivity index (χ3v) is 3.47. The second-order valence-electron chi connectivity index (χ2n) is 4.11. The van der Waals surface area contributed by atoms with Crippen molar-refractivity contribution >= 4 is 17.5 Å². The number of Topliss-reactive ketones (excluding diaryl/α,β-unsaturated/α-hetero) is 1. The lowest BCUT2D eigenvalue weighted by Crippen LogP contribution is -2.01. The van der Waals surface area contributed by atoms with Crippen LogP contribution in [0.15, 0.2) is 56.7 Å². The molecule has 1 N–H and O–H groups in total. The monoisotopic (exact) mass is 302 g/mol. The summed E-state index contributed by atoms with van der Waals surface area (Å²) in [5, 5.41) is 17.2. The van der Waals surface area contributed by atoms with Gasteiger partial charge in [-0.05, 0) is 36.4 Å². The number of phenolic OH excluding ortho intramolecular Hbond substituents is 1. The smallest absolute Gasteiger partial charge is 0.284 e. The Balaban J connectivity index is 1.62. The molecule has 106 valence electrons. The van der Waals surface area contributed by atoms with Crippen LogP contribution in [0.25, 0.3) is 11.7 Å². The number of furan rings is 1. The van der Waals surface area contributed by atoms with Crippen molar-refractivity contribution in [3.63, 3.8) is 0 Å². The van der Waals surface area contributed by atoms with Crippen LogP contribution >= 0.6 is 11.8 Å². The van der Waals surface area contributed by atoms with Gasteiger partial charge >= 0.3 is 0 Å². The van der Waals surface area contributed by atoms with Crippen molar-refractivity contribution in [2.75, 3.05) is 5.75 Å². The molecule has 2 aromatic heterocycles. The number of hydrogen-bond donors (Lipinski definition) is 1. The molecule has 0 aliphatic rings. The zero-order chi connectivity index (χ0) is 14.7. The maximum Gasteiger partial charge on any atom is 0.284 e. The molecular formula is C14H10N2O4S. The average Bonchev–Trinajstić information content (AvgIpc) is 3.16. The zero-order valence-electron chi connectivity index (χ0n) is 10.7.